The number of aliphatic hydroxyl groups is 1. The van der Waals surface area contributed by atoms with Crippen LogP contribution in [0.4, 0.5) is 0 Å². The Hall–Kier alpha value is -3.42. The van der Waals surface area contributed by atoms with Crippen LogP contribution in [-0.2, 0) is 14.3 Å². The molecule has 2 aliphatic heterocycles. The van der Waals surface area contributed by atoms with Crippen molar-refractivity contribution in [3.63, 3.8) is 0 Å². The molecule has 4 rings (SSSR count). The van der Waals surface area contributed by atoms with Crippen molar-refractivity contribution in [3.8, 4) is 5.75 Å². The molecule has 0 aromatic heterocycles. The number of aliphatic hydroxyl groups excluding tert-OH is 1. The van der Waals surface area contributed by atoms with E-state index in [-0.39, 0.29) is 11.3 Å². The van der Waals surface area contributed by atoms with E-state index >= 15 is 0 Å². The van der Waals surface area contributed by atoms with E-state index < -0.39 is 17.7 Å². The maximum Gasteiger partial charge on any atom is 0.295 e. The molecule has 0 saturated carbocycles. The van der Waals surface area contributed by atoms with Gasteiger partial charge in [0.15, 0.2) is 0 Å². The van der Waals surface area contributed by atoms with E-state index in [1.54, 1.807) is 29.2 Å². The number of morpholine rings is 1. The summed E-state index contributed by atoms with van der Waals surface area (Å²) in [5.41, 5.74) is 3.39. The fourth-order valence-corrected chi connectivity index (χ4v) is 5.07. The lowest BCUT2D eigenvalue weighted by molar-refractivity contribution is -0.140. The van der Waals surface area contributed by atoms with E-state index in [1.807, 2.05) is 31.2 Å². The molecule has 2 fully saturated rings. The zero-order valence-corrected chi connectivity index (χ0v) is 22.6. The van der Waals surface area contributed by atoms with Crippen LogP contribution in [0.2, 0.25) is 0 Å². The van der Waals surface area contributed by atoms with Gasteiger partial charge in [-0.1, -0.05) is 50.8 Å². The van der Waals surface area contributed by atoms with Crippen LogP contribution in [0.25, 0.3) is 5.76 Å². The number of likely N-dealkylation sites (tertiary alicyclic amines) is 1. The summed E-state index contributed by atoms with van der Waals surface area (Å²) in [6.45, 7) is 14.6. The average Bonchev–Trinajstić information content (AvgIpc) is 3.17. The Morgan fingerprint density at radius 2 is 1.84 bits per heavy atom. The highest BCUT2D eigenvalue weighted by atomic mass is 16.5. The quantitative estimate of drug-likeness (QED) is 0.210. The van der Waals surface area contributed by atoms with Gasteiger partial charge in [-0.25, -0.2) is 0 Å². The largest absolute Gasteiger partial charge is 0.507 e. The van der Waals surface area contributed by atoms with Gasteiger partial charge in [0.25, 0.3) is 11.7 Å². The predicted octanol–water partition coefficient (Wildman–Crippen LogP) is 4.83. The van der Waals surface area contributed by atoms with Crippen molar-refractivity contribution in [2.45, 2.75) is 39.2 Å². The topological polar surface area (TPSA) is 79.3 Å². The third kappa shape index (κ3) is 6.00. The van der Waals surface area contributed by atoms with Gasteiger partial charge in [-0.15, -0.1) is 0 Å². The lowest BCUT2D eigenvalue weighted by Crippen LogP contribution is -2.38. The van der Waals surface area contributed by atoms with E-state index in [0.29, 0.717) is 43.6 Å². The molecule has 1 amide bonds. The molecule has 2 aliphatic rings. The van der Waals surface area contributed by atoms with Crippen LogP contribution in [0.5, 0.6) is 5.75 Å². The maximum absolute atomic E-state index is 13.4. The number of ether oxygens (including phenoxy) is 2. The van der Waals surface area contributed by atoms with E-state index in [9.17, 15) is 14.7 Å². The summed E-state index contributed by atoms with van der Waals surface area (Å²) >= 11 is 0. The molecule has 1 unspecified atom stereocenters. The lowest BCUT2D eigenvalue weighted by atomic mass is 9.93. The molecule has 202 valence electrons. The Kier molecular flexibility index (Phi) is 9.02. The van der Waals surface area contributed by atoms with Crippen molar-refractivity contribution in [1.29, 1.82) is 0 Å². The first-order valence-corrected chi connectivity index (χ1v) is 13.3. The maximum atomic E-state index is 13.4. The molecular weight excluding hydrogens is 480 g/mol. The molecule has 2 aromatic carbocycles. The molecule has 7 heteroatoms. The predicted molar refractivity (Wildman–Crippen MR) is 148 cm³/mol. The molecule has 1 N–H and O–H groups in total. The molecule has 0 aliphatic carbocycles. The average molecular weight is 519 g/mol. The van der Waals surface area contributed by atoms with Crippen molar-refractivity contribution in [3.05, 3.63) is 82.9 Å². The normalized spacial score (nSPS) is 19.8. The van der Waals surface area contributed by atoms with Crippen LogP contribution in [-0.4, -0.2) is 72.6 Å². The van der Waals surface area contributed by atoms with Crippen LogP contribution >= 0.6 is 0 Å². The standard InChI is InChI=1S/C31H38N2O5/c1-5-17-38-26-12-11-25(20-22(26)4)29(34)27-28(24-9-7-23(8-10-24)21(2)3)33(31(36)30(27)35)14-6-13-32-15-18-37-19-16-32/h5,7-12,20-21,28,34H,1,6,13-19H2,2-4H3/b29-27-. The van der Waals surface area contributed by atoms with E-state index in [2.05, 4.69) is 25.3 Å². The molecular formula is C31H38N2O5. The van der Waals surface area contributed by atoms with Gasteiger partial charge in [0, 0.05) is 31.7 Å². The fraction of sp³-hybridized carbons (Fsp3) is 0.419. The Bertz CT molecular complexity index is 1200. The minimum absolute atomic E-state index is 0.123. The number of ketones is 1. The first-order valence-electron chi connectivity index (χ1n) is 13.3. The molecule has 0 radical (unpaired) electrons. The van der Waals surface area contributed by atoms with Gasteiger partial charge < -0.3 is 19.5 Å². The number of Topliss-reactive ketones (excluding diaryl/α,β-unsaturated/α-hetero) is 1. The lowest BCUT2D eigenvalue weighted by Gasteiger charge is -2.29. The monoisotopic (exact) mass is 518 g/mol. The summed E-state index contributed by atoms with van der Waals surface area (Å²) in [5, 5.41) is 11.4. The smallest absolute Gasteiger partial charge is 0.295 e. The second-order valence-corrected chi connectivity index (χ2v) is 10.2. The zero-order valence-electron chi connectivity index (χ0n) is 22.6. The minimum Gasteiger partial charge on any atom is -0.507 e. The summed E-state index contributed by atoms with van der Waals surface area (Å²) in [6.07, 6.45) is 2.39. The van der Waals surface area contributed by atoms with Crippen LogP contribution < -0.4 is 4.74 Å². The van der Waals surface area contributed by atoms with Crippen LogP contribution in [0.15, 0.2) is 60.7 Å². The summed E-state index contributed by atoms with van der Waals surface area (Å²) < 4.78 is 11.1. The molecule has 7 nitrogen and oxygen atoms in total. The van der Waals surface area contributed by atoms with Gasteiger partial charge in [-0.2, -0.15) is 0 Å². The number of nitrogens with zero attached hydrogens (tertiary/aromatic N) is 2. The Balaban J connectivity index is 1.68. The van der Waals surface area contributed by atoms with Crippen molar-refractivity contribution < 1.29 is 24.2 Å². The number of hydrogen-bond acceptors (Lipinski definition) is 6. The highest BCUT2D eigenvalue weighted by Crippen LogP contribution is 2.40. The van der Waals surface area contributed by atoms with Crippen LogP contribution in [0.1, 0.15) is 54.5 Å². The highest BCUT2D eigenvalue weighted by molar-refractivity contribution is 6.46. The van der Waals surface area contributed by atoms with Gasteiger partial charge in [-0.05, 0) is 54.2 Å². The molecule has 0 spiro atoms. The first-order chi connectivity index (χ1) is 18.3. The van der Waals surface area contributed by atoms with Crippen molar-refractivity contribution in [2.75, 3.05) is 46.0 Å². The Morgan fingerprint density at radius 3 is 2.47 bits per heavy atom. The van der Waals surface area contributed by atoms with Crippen molar-refractivity contribution >= 4 is 17.4 Å². The summed E-state index contributed by atoms with van der Waals surface area (Å²) in [7, 11) is 0. The summed E-state index contributed by atoms with van der Waals surface area (Å²) in [5.74, 6) is -0.375. The number of hydrogen-bond donors (Lipinski definition) is 1. The number of rotatable bonds is 10. The second kappa shape index (κ2) is 12.4. The number of carbonyl (C=O) groups is 2. The number of benzene rings is 2. The van der Waals surface area contributed by atoms with Gasteiger partial charge >= 0.3 is 0 Å². The van der Waals surface area contributed by atoms with Crippen molar-refractivity contribution in [2.24, 2.45) is 0 Å². The summed E-state index contributed by atoms with van der Waals surface area (Å²) in [4.78, 5) is 30.6. The SMILES string of the molecule is C=CCOc1ccc(/C(O)=C2/C(=O)C(=O)N(CCCN3CCOCC3)C2c2ccc(C(C)C)cc2)cc1C. The van der Waals surface area contributed by atoms with Crippen molar-refractivity contribution in [1.82, 2.24) is 9.80 Å². The number of carbonyl (C=O) groups excluding carboxylic acids is 2. The third-order valence-electron chi connectivity index (χ3n) is 7.24. The van der Waals surface area contributed by atoms with Crippen LogP contribution in [0, 0.1) is 6.92 Å². The molecule has 2 saturated heterocycles. The minimum atomic E-state index is -0.656. The van der Waals surface area contributed by atoms with Gasteiger partial charge in [0.2, 0.25) is 0 Å². The molecule has 2 aromatic rings. The van der Waals surface area contributed by atoms with Gasteiger partial charge in [0.05, 0.1) is 24.8 Å². The summed E-state index contributed by atoms with van der Waals surface area (Å²) in [6, 6.07) is 12.6. The van der Waals surface area contributed by atoms with Crippen LogP contribution in [0.3, 0.4) is 0 Å². The Morgan fingerprint density at radius 1 is 1.13 bits per heavy atom. The Labute approximate surface area is 225 Å². The molecule has 2 heterocycles. The van der Waals surface area contributed by atoms with E-state index in [4.69, 9.17) is 9.47 Å². The zero-order chi connectivity index (χ0) is 27.2. The number of amides is 1. The molecule has 1 atom stereocenters. The third-order valence-corrected chi connectivity index (χ3v) is 7.24. The number of aryl methyl sites for hydroxylation is 1. The fourth-order valence-electron chi connectivity index (χ4n) is 5.07. The first kappa shape index (κ1) is 27.6. The highest BCUT2D eigenvalue weighted by Gasteiger charge is 2.45. The van der Waals surface area contributed by atoms with E-state index in [0.717, 1.165) is 37.2 Å². The van der Waals surface area contributed by atoms with Gasteiger partial charge in [-0.3, -0.25) is 14.5 Å². The van der Waals surface area contributed by atoms with Gasteiger partial charge in [0.1, 0.15) is 18.1 Å². The molecule has 38 heavy (non-hydrogen) atoms. The second-order valence-electron chi connectivity index (χ2n) is 10.2. The van der Waals surface area contributed by atoms with E-state index in [1.165, 1.54) is 5.56 Å². The molecule has 0 bridgehead atoms.